The maximum atomic E-state index is 14.4. The maximum Gasteiger partial charge on any atom is 0.116 e. The summed E-state index contributed by atoms with van der Waals surface area (Å²) < 4.78 is 14.4. The number of allylic oxidation sites excluding steroid dienone is 1. The Balaban J connectivity index is 1.76. The number of hydrogen-bond acceptors (Lipinski definition) is 3. The Kier molecular flexibility index (Phi) is 3.37. The van der Waals surface area contributed by atoms with Crippen LogP contribution in [0.2, 0.25) is 0 Å². The first-order chi connectivity index (χ1) is 10.8. The summed E-state index contributed by atoms with van der Waals surface area (Å²) in [5.74, 6) is 0.502. The van der Waals surface area contributed by atoms with Gasteiger partial charge in [-0.3, -0.25) is 0 Å². The molecule has 0 spiro atoms. The van der Waals surface area contributed by atoms with Gasteiger partial charge in [0.2, 0.25) is 0 Å². The van der Waals surface area contributed by atoms with Crippen molar-refractivity contribution in [2.75, 3.05) is 0 Å². The van der Waals surface area contributed by atoms with Crippen LogP contribution in [0.4, 0.5) is 4.39 Å². The fourth-order valence-electron chi connectivity index (χ4n) is 6.24. The highest BCUT2D eigenvalue weighted by Gasteiger charge is 2.62. The number of aliphatic hydroxyl groups is 2. The summed E-state index contributed by atoms with van der Waals surface area (Å²) in [5.41, 5.74) is 7.01. The smallest absolute Gasteiger partial charge is 0.116 e. The highest BCUT2D eigenvalue weighted by atomic mass is 19.1. The van der Waals surface area contributed by atoms with Crippen LogP contribution in [-0.2, 0) is 0 Å². The van der Waals surface area contributed by atoms with E-state index in [4.69, 9.17) is 5.73 Å². The molecule has 4 N–H and O–H groups in total. The molecule has 0 aliphatic heterocycles. The zero-order valence-corrected chi connectivity index (χ0v) is 14.0. The van der Waals surface area contributed by atoms with Crippen LogP contribution in [0.5, 0.6) is 0 Å². The molecule has 9 atom stereocenters. The van der Waals surface area contributed by atoms with Gasteiger partial charge in [0.1, 0.15) is 6.17 Å². The lowest BCUT2D eigenvalue weighted by Crippen LogP contribution is -2.55. The molecule has 0 aromatic rings. The number of nitrogens with two attached hydrogens (primary N) is 1. The molecule has 4 rings (SSSR count). The Bertz CT molecular complexity index is 576. The summed E-state index contributed by atoms with van der Waals surface area (Å²) in [6.07, 6.45) is 6.94. The van der Waals surface area contributed by atoms with Crippen molar-refractivity contribution in [3.8, 4) is 0 Å². The molecule has 2 saturated carbocycles. The second-order valence-corrected chi connectivity index (χ2v) is 8.71. The fourth-order valence-corrected chi connectivity index (χ4v) is 6.24. The zero-order chi connectivity index (χ0) is 16.6. The lowest BCUT2D eigenvalue weighted by molar-refractivity contribution is -0.0653. The lowest BCUT2D eigenvalue weighted by atomic mass is 9.48. The van der Waals surface area contributed by atoms with Gasteiger partial charge in [-0.1, -0.05) is 37.6 Å². The minimum atomic E-state index is -0.960. The van der Waals surface area contributed by atoms with E-state index in [1.54, 1.807) is 0 Å². The summed E-state index contributed by atoms with van der Waals surface area (Å²) in [7, 11) is 0. The molecule has 4 aliphatic carbocycles. The monoisotopic (exact) mass is 321 g/mol. The van der Waals surface area contributed by atoms with Crippen LogP contribution >= 0.6 is 0 Å². The second-order valence-electron chi connectivity index (χ2n) is 8.71. The van der Waals surface area contributed by atoms with E-state index in [0.29, 0.717) is 18.8 Å². The van der Waals surface area contributed by atoms with E-state index in [1.165, 1.54) is 0 Å². The van der Waals surface area contributed by atoms with Gasteiger partial charge in [-0.2, -0.15) is 0 Å². The molecule has 23 heavy (non-hydrogen) atoms. The summed E-state index contributed by atoms with van der Waals surface area (Å²) in [6, 6.07) is -0.414. The first-order valence-electron chi connectivity index (χ1n) is 8.93. The van der Waals surface area contributed by atoms with Crippen molar-refractivity contribution < 1.29 is 14.6 Å². The van der Waals surface area contributed by atoms with Crippen molar-refractivity contribution in [3.63, 3.8) is 0 Å². The Morgan fingerprint density at radius 3 is 2.74 bits per heavy atom. The van der Waals surface area contributed by atoms with Crippen molar-refractivity contribution in [2.45, 2.75) is 64.0 Å². The van der Waals surface area contributed by atoms with Crippen molar-refractivity contribution in [2.24, 2.45) is 34.3 Å². The maximum absolute atomic E-state index is 14.4. The molecular weight excluding hydrogens is 293 g/mol. The summed E-state index contributed by atoms with van der Waals surface area (Å²) in [4.78, 5) is 0. The van der Waals surface area contributed by atoms with Crippen molar-refractivity contribution in [3.05, 3.63) is 23.8 Å². The third-order valence-electron chi connectivity index (χ3n) is 7.72. The van der Waals surface area contributed by atoms with Crippen LogP contribution in [0, 0.1) is 28.6 Å². The van der Waals surface area contributed by atoms with Gasteiger partial charge in [-0.05, 0) is 48.9 Å². The molecule has 128 valence electrons. The van der Waals surface area contributed by atoms with Gasteiger partial charge in [0, 0.05) is 11.5 Å². The van der Waals surface area contributed by atoms with E-state index in [1.807, 2.05) is 12.2 Å². The molecule has 0 amide bonds. The van der Waals surface area contributed by atoms with E-state index < -0.39 is 24.4 Å². The SMILES string of the molecule is C[C@]12CC[C@H]3[C@@H]([C@@H](O)C=C4C[C@H](O)C=C[C@@]43C)[C@@H]1C[C@@H](F)[C@@H]2N. The highest BCUT2D eigenvalue weighted by Crippen LogP contribution is 2.63. The second kappa shape index (κ2) is 4.90. The topological polar surface area (TPSA) is 66.5 Å². The quantitative estimate of drug-likeness (QED) is 0.600. The molecule has 4 heteroatoms. The third-order valence-corrected chi connectivity index (χ3v) is 7.72. The van der Waals surface area contributed by atoms with Crippen LogP contribution in [0.3, 0.4) is 0 Å². The van der Waals surface area contributed by atoms with Gasteiger partial charge >= 0.3 is 0 Å². The van der Waals surface area contributed by atoms with Crippen LogP contribution in [0.25, 0.3) is 0 Å². The standard InChI is InChI=1S/C19H28FNO2/c1-18-5-3-11(22)7-10(18)8-15(23)16-12(18)4-6-19(2)13(16)9-14(20)17(19)21/h3,5,8,11-17,22-23H,4,6-7,9,21H2,1-2H3/t11-,12+,13+,14-,15+,16-,17+,18+,19+/m1/s1. The summed E-state index contributed by atoms with van der Waals surface area (Å²) in [5, 5.41) is 20.8. The largest absolute Gasteiger partial charge is 0.389 e. The number of fused-ring (bicyclic) bond motifs is 5. The van der Waals surface area contributed by atoms with Crippen LogP contribution in [0.1, 0.15) is 39.5 Å². The Hall–Kier alpha value is -0.710. The number of hydrogen-bond donors (Lipinski definition) is 3. The van der Waals surface area contributed by atoms with Crippen LogP contribution in [0.15, 0.2) is 23.8 Å². The number of aliphatic hydroxyl groups excluding tert-OH is 2. The first kappa shape index (κ1) is 15.8. The van der Waals surface area contributed by atoms with E-state index in [9.17, 15) is 14.6 Å². The summed E-state index contributed by atoms with van der Waals surface area (Å²) >= 11 is 0. The van der Waals surface area contributed by atoms with Gasteiger partial charge in [-0.25, -0.2) is 4.39 Å². The fraction of sp³-hybridized carbons (Fsp3) is 0.789. The third kappa shape index (κ3) is 1.98. The lowest BCUT2D eigenvalue weighted by Gasteiger charge is -2.57. The van der Waals surface area contributed by atoms with E-state index in [-0.39, 0.29) is 22.7 Å². The highest BCUT2D eigenvalue weighted by molar-refractivity contribution is 5.34. The molecule has 0 heterocycles. The van der Waals surface area contributed by atoms with Gasteiger partial charge in [0.15, 0.2) is 0 Å². The van der Waals surface area contributed by atoms with Crippen molar-refractivity contribution in [1.29, 1.82) is 0 Å². The van der Waals surface area contributed by atoms with Crippen molar-refractivity contribution >= 4 is 0 Å². The minimum Gasteiger partial charge on any atom is -0.389 e. The summed E-state index contributed by atoms with van der Waals surface area (Å²) in [6.45, 7) is 4.34. The number of halogens is 1. The predicted molar refractivity (Wildman–Crippen MR) is 87.3 cm³/mol. The molecular formula is C19H28FNO2. The zero-order valence-electron chi connectivity index (χ0n) is 14.0. The number of rotatable bonds is 0. The molecule has 0 radical (unpaired) electrons. The molecule has 0 unspecified atom stereocenters. The average Bonchev–Trinajstić information content (AvgIpc) is 2.73. The molecule has 4 aliphatic rings. The molecule has 0 bridgehead atoms. The van der Waals surface area contributed by atoms with Crippen LogP contribution in [-0.4, -0.2) is 34.6 Å². The van der Waals surface area contributed by atoms with Gasteiger partial charge in [0.25, 0.3) is 0 Å². The Labute approximate surface area is 137 Å². The van der Waals surface area contributed by atoms with E-state index >= 15 is 0 Å². The van der Waals surface area contributed by atoms with E-state index in [0.717, 1.165) is 18.4 Å². The minimum absolute atomic E-state index is 0.0641. The molecule has 0 aromatic heterocycles. The molecule has 0 saturated heterocycles. The Morgan fingerprint density at radius 1 is 1.26 bits per heavy atom. The van der Waals surface area contributed by atoms with Gasteiger partial charge in [0.05, 0.1) is 12.2 Å². The Morgan fingerprint density at radius 2 is 2.00 bits per heavy atom. The molecule has 0 aromatic carbocycles. The van der Waals surface area contributed by atoms with Gasteiger partial charge < -0.3 is 15.9 Å². The normalized spacial score (nSPS) is 58.2. The average molecular weight is 321 g/mol. The first-order valence-corrected chi connectivity index (χ1v) is 8.93. The predicted octanol–water partition coefficient (Wildman–Crippen LogP) is 2.33. The van der Waals surface area contributed by atoms with E-state index in [2.05, 4.69) is 19.9 Å². The van der Waals surface area contributed by atoms with Crippen molar-refractivity contribution in [1.82, 2.24) is 0 Å². The molecule has 3 nitrogen and oxygen atoms in total. The van der Waals surface area contributed by atoms with Gasteiger partial charge in [-0.15, -0.1) is 0 Å². The molecule has 2 fully saturated rings. The van der Waals surface area contributed by atoms with Crippen LogP contribution < -0.4 is 5.73 Å². The number of alkyl halides is 1.